The van der Waals surface area contributed by atoms with Gasteiger partial charge < -0.3 is 15.0 Å². The van der Waals surface area contributed by atoms with Crippen molar-refractivity contribution in [2.45, 2.75) is 32.9 Å². The molecule has 15 heavy (non-hydrogen) atoms. The third-order valence-electron chi connectivity index (χ3n) is 3.10. The maximum absolute atomic E-state index is 12.2. The first-order chi connectivity index (χ1) is 7.00. The number of hydrogen-bond acceptors (Lipinski definition) is 3. The van der Waals surface area contributed by atoms with Crippen molar-refractivity contribution in [3.8, 4) is 0 Å². The Bertz CT molecular complexity index is 260. The van der Waals surface area contributed by atoms with E-state index in [4.69, 9.17) is 4.74 Å². The molecular weight excluding hydrogens is 192 g/mol. The smallest absolute Gasteiger partial charge is 0.228 e. The maximum Gasteiger partial charge on any atom is 0.228 e. The molecule has 0 bridgehead atoms. The summed E-state index contributed by atoms with van der Waals surface area (Å²) in [7, 11) is 0. The summed E-state index contributed by atoms with van der Waals surface area (Å²) in [4.78, 5) is 14.2. The Morgan fingerprint density at radius 1 is 1.40 bits per heavy atom. The van der Waals surface area contributed by atoms with Gasteiger partial charge in [0.1, 0.15) is 0 Å². The number of amides is 1. The Morgan fingerprint density at radius 3 is 2.80 bits per heavy atom. The van der Waals surface area contributed by atoms with Gasteiger partial charge in [-0.3, -0.25) is 4.79 Å². The Hall–Kier alpha value is -0.610. The lowest BCUT2D eigenvalue weighted by molar-refractivity contribution is -0.151. The molecular formula is C11H20N2O2. The molecule has 2 atom stereocenters. The van der Waals surface area contributed by atoms with Crippen LogP contribution in [0.3, 0.4) is 0 Å². The van der Waals surface area contributed by atoms with Gasteiger partial charge in [0.25, 0.3) is 0 Å². The molecule has 1 amide bonds. The van der Waals surface area contributed by atoms with Gasteiger partial charge in [-0.1, -0.05) is 20.8 Å². The van der Waals surface area contributed by atoms with Crippen molar-refractivity contribution in [1.82, 2.24) is 10.2 Å². The van der Waals surface area contributed by atoms with Crippen LogP contribution in [0.1, 0.15) is 20.8 Å². The van der Waals surface area contributed by atoms with E-state index in [0.717, 1.165) is 19.6 Å². The normalized spacial score (nSPS) is 31.5. The Kier molecular flexibility index (Phi) is 2.73. The first-order valence-corrected chi connectivity index (χ1v) is 5.63. The first kappa shape index (κ1) is 10.9. The van der Waals surface area contributed by atoms with Crippen LogP contribution in [0.5, 0.6) is 0 Å². The van der Waals surface area contributed by atoms with Crippen molar-refractivity contribution in [2.24, 2.45) is 5.41 Å². The number of carbonyl (C=O) groups is 1. The molecule has 2 rings (SSSR count). The summed E-state index contributed by atoms with van der Waals surface area (Å²) < 4.78 is 5.64. The molecule has 2 aliphatic rings. The van der Waals surface area contributed by atoms with Crippen LogP contribution >= 0.6 is 0 Å². The van der Waals surface area contributed by atoms with Gasteiger partial charge in [-0.05, 0) is 0 Å². The number of fused-ring (bicyclic) bond motifs is 1. The third-order valence-corrected chi connectivity index (χ3v) is 3.10. The van der Waals surface area contributed by atoms with Crippen molar-refractivity contribution in [3.05, 3.63) is 0 Å². The zero-order valence-corrected chi connectivity index (χ0v) is 9.75. The number of carbonyl (C=O) groups excluding carboxylic acids is 1. The second-order valence-corrected chi connectivity index (χ2v) is 5.38. The molecule has 0 spiro atoms. The fraction of sp³-hybridized carbons (Fsp3) is 0.909. The maximum atomic E-state index is 12.2. The van der Waals surface area contributed by atoms with E-state index in [9.17, 15) is 4.79 Å². The second-order valence-electron chi connectivity index (χ2n) is 5.38. The van der Waals surface area contributed by atoms with Crippen LogP contribution < -0.4 is 5.32 Å². The lowest BCUT2D eigenvalue weighted by Gasteiger charge is -2.40. The van der Waals surface area contributed by atoms with Crippen LogP contribution in [0.4, 0.5) is 0 Å². The summed E-state index contributed by atoms with van der Waals surface area (Å²) in [5, 5.41) is 3.28. The zero-order valence-electron chi connectivity index (χ0n) is 9.75. The Balaban J connectivity index is 2.11. The molecule has 4 nitrogen and oxygen atoms in total. The summed E-state index contributed by atoms with van der Waals surface area (Å²) in [5.74, 6) is 0.240. The molecule has 0 unspecified atom stereocenters. The average Bonchev–Trinajstić information content (AvgIpc) is 2.62. The van der Waals surface area contributed by atoms with E-state index in [1.54, 1.807) is 0 Å². The molecule has 0 radical (unpaired) electrons. The molecule has 1 N–H and O–H groups in total. The molecule has 4 heteroatoms. The zero-order chi connectivity index (χ0) is 11.1. The van der Waals surface area contributed by atoms with Crippen molar-refractivity contribution >= 4 is 5.91 Å². The summed E-state index contributed by atoms with van der Waals surface area (Å²) in [6.45, 7) is 9.07. The number of nitrogens with one attached hydrogen (secondary N) is 1. The van der Waals surface area contributed by atoms with Crippen molar-refractivity contribution in [1.29, 1.82) is 0 Å². The number of rotatable bonds is 0. The fourth-order valence-corrected chi connectivity index (χ4v) is 2.27. The van der Waals surface area contributed by atoms with Gasteiger partial charge in [-0.25, -0.2) is 0 Å². The third kappa shape index (κ3) is 2.01. The predicted octanol–water partition coefficient (Wildman–Crippen LogP) is 0.232. The average molecular weight is 212 g/mol. The van der Waals surface area contributed by atoms with E-state index >= 15 is 0 Å². The molecule has 0 aliphatic carbocycles. The molecule has 2 fully saturated rings. The highest BCUT2D eigenvalue weighted by atomic mass is 16.5. The molecule has 0 aromatic carbocycles. The predicted molar refractivity (Wildman–Crippen MR) is 57.6 cm³/mol. The van der Waals surface area contributed by atoms with Gasteiger partial charge in [0.2, 0.25) is 5.91 Å². The molecule has 2 heterocycles. The Morgan fingerprint density at radius 2 is 2.13 bits per heavy atom. The molecule has 0 aromatic heterocycles. The van der Waals surface area contributed by atoms with Crippen molar-refractivity contribution in [2.75, 3.05) is 26.2 Å². The number of ether oxygens (including phenoxy) is 1. The Labute approximate surface area is 91.0 Å². The van der Waals surface area contributed by atoms with Crippen LogP contribution in [0.2, 0.25) is 0 Å². The van der Waals surface area contributed by atoms with Crippen LogP contribution in [-0.4, -0.2) is 49.2 Å². The summed E-state index contributed by atoms with van der Waals surface area (Å²) in [6.07, 6.45) is 0.199. The SMILES string of the molecule is CC(C)(C)C(=O)N1CCO[C@@H]2CNC[C@@H]21. The summed E-state index contributed by atoms with van der Waals surface area (Å²) in [5.41, 5.74) is -0.287. The molecule has 0 aromatic rings. The highest BCUT2D eigenvalue weighted by Crippen LogP contribution is 2.24. The second kappa shape index (κ2) is 3.76. The highest BCUT2D eigenvalue weighted by molar-refractivity contribution is 5.82. The highest BCUT2D eigenvalue weighted by Gasteiger charge is 2.41. The molecule has 0 saturated carbocycles. The van der Waals surface area contributed by atoms with E-state index in [-0.39, 0.29) is 23.5 Å². The van der Waals surface area contributed by atoms with Gasteiger partial charge in [-0.2, -0.15) is 0 Å². The van der Waals surface area contributed by atoms with Crippen molar-refractivity contribution < 1.29 is 9.53 Å². The van der Waals surface area contributed by atoms with E-state index in [2.05, 4.69) is 5.32 Å². The van der Waals surface area contributed by atoms with Gasteiger partial charge >= 0.3 is 0 Å². The van der Waals surface area contributed by atoms with E-state index in [0.29, 0.717) is 6.61 Å². The van der Waals surface area contributed by atoms with Crippen LogP contribution in [0, 0.1) is 5.41 Å². The van der Waals surface area contributed by atoms with Crippen molar-refractivity contribution in [3.63, 3.8) is 0 Å². The fourth-order valence-electron chi connectivity index (χ4n) is 2.27. The number of morpholine rings is 1. The molecule has 2 saturated heterocycles. The van der Waals surface area contributed by atoms with Gasteiger partial charge in [-0.15, -0.1) is 0 Å². The summed E-state index contributed by atoms with van der Waals surface area (Å²) >= 11 is 0. The monoisotopic (exact) mass is 212 g/mol. The molecule has 2 aliphatic heterocycles. The number of nitrogens with zero attached hydrogens (tertiary/aromatic N) is 1. The lowest BCUT2D eigenvalue weighted by atomic mass is 9.93. The molecule has 86 valence electrons. The number of hydrogen-bond donors (Lipinski definition) is 1. The topological polar surface area (TPSA) is 41.6 Å². The summed E-state index contributed by atoms with van der Waals surface area (Å²) in [6, 6.07) is 0.241. The van der Waals surface area contributed by atoms with Gasteiger partial charge in [0, 0.05) is 25.0 Å². The van der Waals surface area contributed by atoms with Crippen LogP contribution in [0.25, 0.3) is 0 Å². The van der Waals surface area contributed by atoms with E-state index < -0.39 is 0 Å². The lowest BCUT2D eigenvalue weighted by Crippen LogP contribution is -2.56. The van der Waals surface area contributed by atoms with Crippen LogP contribution in [0.15, 0.2) is 0 Å². The minimum absolute atomic E-state index is 0.199. The van der Waals surface area contributed by atoms with Gasteiger partial charge in [0.05, 0.1) is 18.8 Å². The largest absolute Gasteiger partial charge is 0.373 e. The quantitative estimate of drug-likeness (QED) is 0.625. The standard InChI is InChI=1S/C11H20N2O2/c1-11(2,3)10(14)13-4-5-15-9-7-12-6-8(9)13/h8-9,12H,4-7H2,1-3H3/t8-,9+/m0/s1. The van der Waals surface area contributed by atoms with E-state index in [1.807, 2.05) is 25.7 Å². The van der Waals surface area contributed by atoms with Crippen LogP contribution in [-0.2, 0) is 9.53 Å². The minimum atomic E-state index is -0.287. The van der Waals surface area contributed by atoms with E-state index in [1.165, 1.54) is 0 Å². The minimum Gasteiger partial charge on any atom is -0.373 e. The first-order valence-electron chi connectivity index (χ1n) is 5.63. The van der Waals surface area contributed by atoms with Gasteiger partial charge in [0.15, 0.2) is 0 Å².